The molecule has 0 N–H and O–H groups in total. The molecule has 0 radical (unpaired) electrons. The van der Waals surface area contributed by atoms with Gasteiger partial charge in [-0.1, -0.05) is 23.7 Å². The Hall–Kier alpha value is -1.89. The predicted molar refractivity (Wildman–Crippen MR) is 111 cm³/mol. The zero-order valence-electron chi connectivity index (χ0n) is 15.6. The summed E-state index contributed by atoms with van der Waals surface area (Å²) in [4.78, 5) is 31.3. The quantitative estimate of drug-likeness (QED) is 0.762. The van der Waals surface area contributed by atoms with Gasteiger partial charge in [-0.3, -0.25) is 9.59 Å². The van der Waals surface area contributed by atoms with Gasteiger partial charge in [-0.05, 0) is 42.7 Å². The first-order chi connectivity index (χ1) is 13.6. The number of carbonyl (C=O) groups is 2. The molecule has 28 heavy (non-hydrogen) atoms. The lowest BCUT2D eigenvalue weighted by Gasteiger charge is -2.36. The first-order valence-electron chi connectivity index (χ1n) is 9.63. The summed E-state index contributed by atoms with van der Waals surface area (Å²) in [6.45, 7) is 3.72. The second-order valence-electron chi connectivity index (χ2n) is 7.20. The van der Waals surface area contributed by atoms with E-state index >= 15 is 0 Å². The van der Waals surface area contributed by atoms with Gasteiger partial charge in [0.05, 0.1) is 24.0 Å². The molecular formula is C21H23ClN2O3S. The van der Waals surface area contributed by atoms with Crippen molar-refractivity contribution in [1.82, 2.24) is 9.80 Å². The molecular weight excluding hydrogens is 396 g/mol. The van der Waals surface area contributed by atoms with Gasteiger partial charge in [0.25, 0.3) is 5.91 Å². The van der Waals surface area contributed by atoms with E-state index < -0.39 is 0 Å². The van der Waals surface area contributed by atoms with Gasteiger partial charge in [0.15, 0.2) is 0 Å². The maximum atomic E-state index is 13.0. The minimum absolute atomic E-state index is 0.0182. The Balaban J connectivity index is 1.43. The van der Waals surface area contributed by atoms with Crippen LogP contribution in [0.5, 0.6) is 0 Å². The molecule has 0 bridgehead atoms. The predicted octanol–water partition coefficient (Wildman–Crippen LogP) is 3.78. The molecule has 2 amide bonds. The summed E-state index contributed by atoms with van der Waals surface area (Å²) >= 11 is 7.44. The summed E-state index contributed by atoms with van der Waals surface area (Å²) in [5.74, 6) is 0.0741. The van der Waals surface area contributed by atoms with Crippen LogP contribution in [-0.4, -0.2) is 61.0 Å². The number of halogens is 1. The topological polar surface area (TPSA) is 49.9 Å². The molecule has 2 aliphatic heterocycles. The van der Waals surface area contributed by atoms with Crippen molar-refractivity contribution < 1.29 is 14.3 Å². The number of thiophene rings is 1. The minimum atomic E-state index is -0.105. The summed E-state index contributed by atoms with van der Waals surface area (Å²) < 4.78 is 5.34. The summed E-state index contributed by atoms with van der Waals surface area (Å²) in [5.41, 5.74) is 1.05. The van der Waals surface area contributed by atoms with Crippen molar-refractivity contribution in [3.8, 4) is 10.4 Å². The summed E-state index contributed by atoms with van der Waals surface area (Å²) in [7, 11) is 0. The average Bonchev–Trinajstić information content (AvgIpc) is 3.24. The number of hydrogen-bond donors (Lipinski definition) is 0. The lowest BCUT2D eigenvalue weighted by atomic mass is 9.96. The fourth-order valence-corrected chi connectivity index (χ4v) is 4.89. The van der Waals surface area contributed by atoms with Crippen LogP contribution in [0.3, 0.4) is 0 Å². The van der Waals surface area contributed by atoms with E-state index in [1.807, 2.05) is 46.2 Å². The van der Waals surface area contributed by atoms with Crippen LogP contribution < -0.4 is 0 Å². The third-order valence-corrected chi connectivity index (χ3v) is 6.70. The summed E-state index contributed by atoms with van der Waals surface area (Å²) in [6, 6.07) is 11.5. The number of benzene rings is 1. The van der Waals surface area contributed by atoms with E-state index in [0.717, 1.165) is 23.3 Å². The minimum Gasteiger partial charge on any atom is -0.378 e. The lowest BCUT2D eigenvalue weighted by Crippen LogP contribution is -2.49. The van der Waals surface area contributed by atoms with Crippen molar-refractivity contribution in [2.75, 3.05) is 39.4 Å². The van der Waals surface area contributed by atoms with Crippen molar-refractivity contribution in [1.29, 1.82) is 0 Å². The third kappa shape index (κ3) is 4.24. The molecule has 4 rings (SSSR count). The smallest absolute Gasteiger partial charge is 0.263 e. The highest BCUT2D eigenvalue weighted by molar-refractivity contribution is 7.17. The lowest BCUT2D eigenvalue weighted by molar-refractivity contribution is -0.141. The van der Waals surface area contributed by atoms with Crippen LogP contribution in [0.15, 0.2) is 36.4 Å². The normalized spacial score (nSPS) is 20.2. The van der Waals surface area contributed by atoms with E-state index in [1.54, 1.807) is 0 Å². The fraction of sp³-hybridized carbons (Fsp3) is 0.429. The highest BCUT2D eigenvalue weighted by Gasteiger charge is 2.32. The van der Waals surface area contributed by atoms with Gasteiger partial charge in [0.1, 0.15) is 0 Å². The van der Waals surface area contributed by atoms with Crippen LogP contribution in [0.4, 0.5) is 0 Å². The van der Waals surface area contributed by atoms with Crippen molar-refractivity contribution in [3.63, 3.8) is 0 Å². The number of carbonyl (C=O) groups excluding carboxylic acids is 2. The monoisotopic (exact) mass is 418 g/mol. The Morgan fingerprint density at radius 1 is 1.00 bits per heavy atom. The van der Waals surface area contributed by atoms with Gasteiger partial charge >= 0.3 is 0 Å². The number of rotatable bonds is 3. The third-order valence-electron chi connectivity index (χ3n) is 5.33. The van der Waals surface area contributed by atoms with Gasteiger partial charge in [-0.15, -0.1) is 11.3 Å². The number of morpholine rings is 1. The fourth-order valence-electron chi connectivity index (χ4n) is 3.78. The highest BCUT2D eigenvalue weighted by Crippen LogP contribution is 2.31. The molecule has 1 aromatic carbocycles. The Labute approximate surface area is 173 Å². The van der Waals surface area contributed by atoms with E-state index in [4.69, 9.17) is 16.3 Å². The Bertz CT molecular complexity index is 846. The first kappa shape index (κ1) is 19.4. The van der Waals surface area contributed by atoms with Crippen molar-refractivity contribution in [2.24, 2.45) is 5.92 Å². The van der Waals surface area contributed by atoms with Gasteiger partial charge in [-0.2, -0.15) is 0 Å². The number of ether oxygens (including phenoxy) is 1. The molecule has 3 heterocycles. The molecule has 1 aromatic heterocycles. The van der Waals surface area contributed by atoms with Gasteiger partial charge in [-0.25, -0.2) is 0 Å². The molecule has 148 valence electrons. The Morgan fingerprint density at radius 2 is 1.75 bits per heavy atom. The Morgan fingerprint density at radius 3 is 2.50 bits per heavy atom. The SMILES string of the molecule is O=C(c1ccc(-c2ccc(Cl)cc2)s1)N1CCC[C@@H](C(=O)N2CCOCC2)C1. The number of likely N-dealkylation sites (tertiary alicyclic amines) is 1. The zero-order chi connectivity index (χ0) is 19.5. The van der Waals surface area contributed by atoms with Crippen LogP contribution in [0.2, 0.25) is 5.02 Å². The molecule has 0 spiro atoms. The summed E-state index contributed by atoms with van der Waals surface area (Å²) in [6.07, 6.45) is 1.71. The molecule has 0 unspecified atom stereocenters. The first-order valence-corrected chi connectivity index (χ1v) is 10.8. The van der Waals surface area contributed by atoms with E-state index in [1.165, 1.54) is 11.3 Å². The summed E-state index contributed by atoms with van der Waals surface area (Å²) in [5, 5.41) is 0.695. The Kier molecular flexibility index (Phi) is 5.99. The average molecular weight is 419 g/mol. The molecule has 2 aromatic rings. The van der Waals surface area contributed by atoms with Crippen LogP contribution in [-0.2, 0) is 9.53 Å². The van der Waals surface area contributed by atoms with Crippen LogP contribution in [0, 0.1) is 5.92 Å². The van der Waals surface area contributed by atoms with Gasteiger partial charge < -0.3 is 14.5 Å². The van der Waals surface area contributed by atoms with E-state index in [2.05, 4.69) is 0 Å². The van der Waals surface area contributed by atoms with E-state index in [-0.39, 0.29) is 17.7 Å². The maximum absolute atomic E-state index is 13.0. The second kappa shape index (κ2) is 8.64. The molecule has 7 heteroatoms. The van der Waals surface area contributed by atoms with Gasteiger partial charge in [0, 0.05) is 36.1 Å². The van der Waals surface area contributed by atoms with Crippen LogP contribution in [0.25, 0.3) is 10.4 Å². The molecule has 0 saturated carbocycles. The van der Waals surface area contributed by atoms with Crippen molar-refractivity contribution in [2.45, 2.75) is 12.8 Å². The number of piperidine rings is 1. The van der Waals surface area contributed by atoms with Crippen molar-refractivity contribution >= 4 is 34.8 Å². The van der Waals surface area contributed by atoms with Crippen LogP contribution in [0.1, 0.15) is 22.5 Å². The largest absolute Gasteiger partial charge is 0.378 e. The zero-order valence-corrected chi connectivity index (χ0v) is 17.2. The standard InChI is InChI=1S/C21H23ClN2O3S/c22-17-5-3-15(4-6-17)18-7-8-19(28-18)21(26)24-9-1-2-16(14-24)20(25)23-10-12-27-13-11-23/h3-8,16H,1-2,9-14H2/t16-/m1/s1. The molecule has 2 aliphatic rings. The highest BCUT2D eigenvalue weighted by atomic mass is 35.5. The van der Waals surface area contributed by atoms with Crippen LogP contribution >= 0.6 is 22.9 Å². The number of amides is 2. The maximum Gasteiger partial charge on any atom is 0.263 e. The van der Waals surface area contributed by atoms with E-state index in [0.29, 0.717) is 49.3 Å². The van der Waals surface area contributed by atoms with Gasteiger partial charge in [0.2, 0.25) is 5.91 Å². The molecule has 0 aliphatic carbocycles. The molecule has 5 nitrogen and oxygen atoms in total. The molecule has 2 saturated heterocycles. The molecule has 1 atom stereocenters. The van der Waals surface area contributed by atoms with E-state index in [9.17, 15) is 9.59 Å². The van der Waals surface area contributed by atoms with Crippen molar-refractivity contribution in [3.05, 3.63) is 46.3 Å². The number of nitrogens with zero attached hydrogens (tertiary/aromatic N) is 2. The number of hydrogen-bond acceptors (Lipinski definition) is 4. The molecule has 2 fully saturated rings. The second-order valence-corrected chi connectivity index (χ2v) is 8.72.